The van der Waals surface area contributed by atoms with Gasteiger partial charge in [0.25, 0.3) is 0 Å². The minimum Gasteiger partial charge on any atom is -0.342 e. The molecule has 1 atom stereocenters. The lowest BCUT2D eigenvalue weighted by atomic mass is 9.94. The van der Waals surface area contributed by atoms with Gasteiger partial charge in [-0.15, -0.1) is 10.2 Å². The highest BCUT2D eigenvalue weighted by Crippen LogP contribution is 2.23. The summed E-state index contributed by atoms with van der Waals surface area (Å²) >= 11 is 0. The maximum absolute atomic E-state index is 12.0. The molecule has 1 aliphatic carbocycles. The van der Waals surface area contributed by atoms with Crippen molar-refractivity contribution in [2.24, 2.45) is 5.92 Å². The molecule has 1 saturated carbocycles. The Morgan fingerprint density at radius 3 is 2.63 bits per heavy atom. The fraction of sp³-hybridized carbons (Fsp3) is 0.692. The van der Waals surface area contributed by atoms with E-state index in [0.29, 0.717) is 5.82 Å². The van der Waals surface area contributed by atoms with Crippen LogP contribution in [-0.4, -0.2) is 26.5 Å². The van der Waals surface area contributed by atoms with Crippen molar-refractivity contribution in [3.05, 3.63) is 17.5 Å². The summed E-state index contributed by atoms with van der Waals surface area (Å²) in [6.07, 6.45) is 7.49. The normalized spacial score (nSPS) is 17.3. The molecule has 0 aromatic carbocycles. The van der Waals surface area contributed by atoms with Crippen molar-refractivity contribution in [2.75, 3.05) is 0 Å². The lowest BCUT2D eigenvalue weighted by Crippen LogP contribution is -2.31. The van der Waals surface area contributed by atoms with E-state index in [-0.39, 0.29) is 17.9 Å². The van der Waals surface area contributed by atoms with Gasteiger partial charge in [-0.1, -0.05) is 31.1 Å². The van der Waals surface area contributed by atoms with E-state index in [9.17, 15) is 4.79 Å². The van der Waals surface area contributed by atoms with Gasteiger partial charge < -0.3 is 5.32 Å². The predicted octanol–water partition coefficient (Wildman–Crippen LogP) is 1.90. The van der Waals surface area contributed by atoms with Crippen molar-refractivity contribution in [1.82, 2.24) is 25.9 Å². The number of allylic oxidation sites excluding steroid dienone is 1. The van der Waals surface area contributed by atoms with Gasteiger partial charge in [0.05, 0.1) is 6.04 Å². The van der Waals surface area contributed by atoms with E-state index in [4.69, 9.17) is 0 Å². The van der Waals surface area contributed by atoms with Gasteiger partial charge in [0.1, 0.15) is 0 Å². The van der Waals surface area contributed by atoms with Crippen LogP contribution in [0.5, 0.6) is 0 Å². The van der Waals surface area contributed by atoms with E-state index >= 15 is 0 Å². The molecule has 0 bridgehead atoms. The molecule has 104 valence electrons. The van der Waals surface area contributed by atoms with Gasteiger partial charge in [-0.3, -0.25) is 4.79 Å². The molecular formula is C13H21N5O. The van der Waals surface area contributed by atoms with E-state index in [1.165, 1.54) is 24.8 Å². The van der Waals surface area contributed by atoms with Gasteiger partial charge in [-0.25, -0.2) is 0 Å². The minimum absolute atomic E-state index is 0.0552. The first-order chi connectivity index (χ1) is 9.16. The van der Waals surface area contributed by atoms with Gasteiger partial charge in [0, 0.05) is 6.08 Å². The highest BCUT2D eigenvalue weighted by molar-refractivity contribution is 5.88. The maximum Gasteiger partial charge on any atom is 0.244 e. The Morgan fingerprint density at radius 2 is 2.05 bits per heavy atom. The number of tetrazole rings is 1. The molecule has 2 rings (SSSR count). The van der Waals surface area contributed by atoms with Crippen molar-refractivity contribution in [2.45, 2.75) is 52.0 Å². The summed E-state index contributed by atoms with van der Waals surface area (Å²) in [5.41, 5.74) is 1.25. The van der Waals surface area contributed by atoms with Crippen LogP contribution >= 0.6 is 0 Å². The van der Waals surface area contributed by atoms with Gasteiger partial charge in [0.15, 0.2) is 5.82 Å². The molecule has 0 radical (unpaired) electrons. The van der Waals surface area contributed by atoms with Gasteiger partial charge in [-0.2, -0.15) is 5.21 Å². The van der Waals surface area contributed by atoms with Crippen LogP contribution in [0.15, 0.2) is 11.6 Å². The minimum atomic E-state index is -0.202. The van der Waals surface area contributed by atoms with E-state index in [1.54, 1.807) is 6.08 Å². The number of hydrogen-bond acceptors (Lipinski definition) is 4. The Morgan fingerprint density at radius 1 is 1.32 bits per heavy atom. The van der Waals surface area contributed by atoms with E-state index in [0.717, 1.165) is 12.8 Å². The predicted molar refractivity (Wildman–Crippen MR) is 71.1 cm³/mol. The summed E-state index contributed by atoms with van der Waals surface area (Å²) in [5, 5.41) is 16.8. The lowest BCUT2D eigenvalue weighted by Gasteiger charge is -2.19. The third-order valence-electron chi connectivity index (χ3n) is 3.44. The van der Waals surface area contributed by atoms with Crippen molar-refractivity contribution < 1.29 is 4.79 Å². The Hall–Kier alpha value is -1.72. The average molecular weight is 263 g/mol. The van der Waals surface area contributed by atoms with Crippen LogP contribution in [-0.2, 0) is 4.79 Å². The first-order valence-electron chi connectivity index (χ1n) is 6.90. The van der Waals surface area contributed by atoms with Crippen molar-refractivity contribution in [3.63, 3.8) is 0 Å². The van der Waals surface area contributed by atoms with E-state index < -0.39 is 0 Å². The molecule has 0 aliphatic heterocycles. The molecule has 19 heavy (non-hydrogen) atoms. The molecule has 1 fully saturated rings. The number of aromatic amines is 1. The van der Waals surface area contributed by atoms with Crippen LogP contribution in [0.3, 0.4) is 0 Å². The Balaban J connectivity index is 1.99. The van der Waals surface area contributed by atoms with Crippen LogP contribution in [0.25, 0.3) is 0 Å². The Labute approximate surface area is 113 Å². The van der Waals surface area contributed by atoms with Gasteiger partial charge in [0.2, 0.25) is 5.91 Å². The van der Waals surface area contributed by atoms with Crippen LogP contribution in [0, 0.1) is 5.92 Å². The quantitative estimate of drug-likeness (QED) is 0.813. The molecule has 6 heteroatoms. The number of aromatic nitrogens is 4. The van der Waals surface area contributed by atoms with Gasteiger partial charge in [-0.05, 0) is 31.6 Å². The number of H-pyrrole nitrogens is 1. The van der Waals surface area contributed by atoms with Crippen molar-refractivity contribution in [3.8, 4) is 0 Å². The van der Waals surface area contributed by atoms with Crippen LogP contribution in [0.4, 0.5) is 0 Å². The molecule has 0 spiro atoms. The summed E-state index contributed by atoms with van der Waals surface area (Å²) in [7, 11) is 0. The maximum atomic E-state index is 12.0. The highest BCUT2D eigenvalue weighted by Gasteiger charge is 2.21. The number of nitrogens with one attached hydrogen (secondary N) is 2. The SMILES string of the molecule is CC(C)C(NC(=O)C=C1CCCCC1)c1nn[nH]n1. The molecule has 6 nitrogen and oxygen atoms in total. The second-order valence-corrected chi connectivity index (χ2v) is 5.36. The zero-order valence-electron chi connectivity index (χ0n) is 11.5. The molecule has 1 aromatic rings. The fourth-order valence-electron chi connectivity index (χ4n) is 2.36. The Kier molecular flexibility index (Phi) is 4.65. The topological polar surface area (TPSA) is 83.6 Å². The lowest BCUT2D eigenvalue weighted by molar-refractivity contribution is -0.117. The molecule has 1 heterocycles. The monoisotopic (exact) mass is 263 g/mol. The number of amides is 1. The number of nitrogens with zero attached hydrogens (tertiary/aromatic N) is 3. The molecule has 1 aromatic heterocycles. The van der Waals surface area contributed by atoms with Crippen molar-refractivity contribution >= 4 is 5.91 Å². The smallest absolute Gasteiger partial charge is 0.244 e. The molecule has 0 saturated heterocycles. The standard InChI is InChI=1S/C13H21N5O/c1-9(2)12(13-15-17-18-16-13)14-11(19)8-10-6-4-3-5-7-10/h8-9,12H,3-7H2,1-2H3,(H,14,19)(H,15,16,17,18). The summed E-state index contributed by atoms with van der Waals surface area (Å²) < 4.78 is 0. The highest BCUT2D eigenvalue weighted by atomic mass is 16.1. The zero-order valence-corrected chi connectivity index (χ0v) is 11.5. The summed E-state index contributed by atoms with van der Waals surface area (Å²) in [6.45, 7) is 4.05. The molecule has 1 unspecified atom stereocenters. The van der Waals surface area contributed by atoms with E-state index in [2.05, 4.69) is 25.9 Å². The summed E-state index contributed by atoms with van der Waals surface area (Å²) in [5.74, 6) is 0.692. The van der Waals surface area contributed by atoms with Crippen molar-refractivity contribution in [1.29, 1.82) is 0 Å². The van der Waals surface area contributed by atoms with E-state index in [1.807, 2.05) is 13.8 Å². The van der Waals surface area contributed by atoms with Gasteiger partial charge >= 0.3 is 0 Å². The molecular weight excluding hydrogens is 242 g/mol. The molecule has 1 amide bonds. The first kappa shape index (κ1) is 13.7. The van der Waals surface area contributed by atoms with Crippen LogP contribution in [0.1, 0.15) is 57.8 Å². The van der Waals surface area contributed by atoms with Crippen LogP contribution in [0.2, 0.25) is 0 Å². The Bertz CT molecular complexity index is 430. The second kappa shape index (κ2) is 6.45. The summed E-state index contributed by atoms with van der Waals surface area (Å²) in [4.78, 5) is 12.0. The van der Waals surface area contributed by atoms with Crippen LogP contribution < -0.4 is 5.32 Å². The number of hydrogen-bond donors (Lipinski definition) is 2. The average Bonchev–Trinajstić information content (AvgIpc) is 2.90. The fourth-order valence-corrected chi connectivity index (χ4v) is 2.36. The number of carbonyl (C=O) groups excluding carboxylic acids is 1. The summed E-state index contributed by atoms with van der Waals surface area (Å²) in [6, 6.07) is -0.202. The number of rotatable bonds is 4. The first-order valence-corrected chi connectivity index (χ1v) is 6.90. The number of carbonyl (C=O) groups is 1. The second-order valence-electron chi connectivity index (χ2n) is 5.36. The largest absolute Gasteiger partial charge is 0.342 e. The molecule has 1 aliphatic rings. The zero-order chi connectivity index (χ0) is 13.7. The third-order valence-corrected chi connectivity index (χ3v) is 3.44. The third kappa shape index (κ3) is 3.87. The molecule has 2 N–H and O–H groups in total.